The molecule has 0 aromatic carbocycles. The van der Waals surface area contributed by atoms with Gasteiger partial charge in [0.25, 0.3) is 0 Å². The van der Waals surface area contributed by atoms with Crippen LogP contribution in [0.25, 0.3) is 0 Å². The van der Waals surface area contributed by atoms with E-state index in [2.05, 4.69) is 20.2 Å². The van der Waals surface area contributed by atoms with E-state index < -0.39 is 0 Å². The monoisotopic (exact) mass is 268 g/mol. The highest BCUT2D eigenvalue weighted by Crippen LogP contribution is 2.27. The lowest BCUT2D eigenvalue weighted by Crippen LogP contribution is -2.32. The molecule has 0 amide bonds. The molecule has 1 atom stereocenters. The molecule has 1 unspecified atom stereocenters. The molecule has 18 heavy (non-hydrogen) atoms. The molecule has 1 aliphatic heterocycles. The van der Waals surface area contributed by atoms with Gasteiger partial charge in [-0.3, -0.25) is 0 Å². The van der Waals surface area contributed by atoms with Gasteiger partial charge in [-0.05, 0) is 26.0 Å². The van der Waals surface area contributed by atoms with Crippen LogP contribution in [-0.2, 0) is 0 Å². The van der Waals surface area contributed by atoms with Crippen LogP contribution in [-0.4, -0.2) is 47.1 Å². The standard InChI is InChI=1S/C12H20N4OS/c1-3-13-10-7-11(15-12(14-10)18-2)16-6-4-5-9(16)8-17/h7,9,17H,3-6,8H2,1-2H3,(H,13,14,15). The molecule has 2 rings (SSSR count). The van der Waals surface area contributed by atoms with E-state index in [0.717, 1.165) is 42.7 Å². The van der Waals surface area contributed by atoms with Gasteiger partial charge in [-0.15, -0.1) is 0 Å². The second-order valence-electron chi connectivity index (χ2n) is 4.30. The van der Waals surface area contributed by atoms with Crippen LogP contribution >= 0.6 is 11.8 Å². The van der Waals surface area contributed by atoms with Crippen LogP contribution < -0.4 is 10.2 Å². The second kappa shape index (κ2) is 6.24. The summed E-state index contributed by atoms with van der Waals surface area (Å²) in [6, 6.07) is 2.17. The zero-order chi connectivity index (χ0) is 13.0. The van der Waals surface area contributed by atoms with Gasteiger partial charge in [0.2, 0.25) is 0 Å². The molecule has 1 saturated heterocycles. The van der Waals surface area contributed by atoms with Gasteiger partial charge in [0, 0.05) is 19.2 Å². The predicted octanol–water partition coefficient (Wildman–Crippen LogP) is 1.59. The van der Waals surface area contributed by atoms with Crippen LogP contribution in [0.4, 0.5) is 11.6 Å². The fourth-order valence-corrected chi connectivity index (χ4v) is 2.62. The number of nitrogens with one attached hydrogen (secondary N) is 1. The number of aliphatic hydroxyl groups is 1. The molecule has 0 radical (unpaired) electrons. The van der Waals surface area contributed by atoms with Crippen molar-refractivity contribution in [1.82, 2.24) is 9.97 Å². The maximum Gasteiger partial charge on any atom is 0.191 e. The van der Waals surface area contributed by atoms with Crippen LogP contribution in [0.5, 0.6) is 0 Å². The molecule has 2 N–H and O–H groups in total. The first-order valence-corrected chi connectivity index (χ1v) is 7.55. The van der Waals surface area contributed by atoms with Gasteiger partial charge in [-0.25, -0.2) is 9.97 Å². The van der Waals surface area contributed by atoms with Crippen LogP contribution in [0.3, 0.4) is 0 Å². The number of aliphatic hydroxyl groups excluding tert-OH is 1. The van der Waals surface area contributed by atoms with E-state index in [1.807, 2.05) is 19.2 Å². The zero-order valence-electron chi connectivity index (χ0n) is 10.9. The molecule has 100 valence electrons. The topological polar surface area (TPSA) is 61.3 Å². The summed E-state index contributed by atoms with van der Waals surface area (Å²) in [5.41, 5.74) is 0. The third-order valence-corrected chi connectivity index (χ3v) is 3.66. The third kappa shape index (κ3) is 2.87. The quantitative estimate of drug-likeness (QED) is 0.625. The lowest BCUT2D eigenvalue weighted by Gasteiger charge is -2.24. The lowest BCUT2D eigenvalue weighted by molar-refractivity contribution is 0.266. The normalized spacial score (nSPS) is 19.3. The molecule has 0 spiro atoms. The Morgan fingerprint density at radius 1 is 1.56 bits per heavy atom. The summed E-state index contributed by atoms with van der Waals surface area (Å²) in [6.45, 7) is 4.04. The minimum absolute atomic E-state index is 0.190. The third-order valence-electron chi connectivity index (χ3n) is 3.11. The molecule has 1 fully saturated rings. The number of anilines is 2. The maximum atomic E-state index is 9.39. The summed E-state index contributed by atoms with van der Waals surface area (Å²) < 4.78 is 0. The average molecular weight is 268 g/mol. The second-order valence-corrected chi connectivity index (χ2v) is 5.07. The average Bonchev–Trinajstić information content (AvgIpc) is 2.87. The van der Waals surface area contributed by atoms with E-state index in [0.29, 0.717) is 0 Å². The molecule has 0 aliphatic carbocycles. The van der Waals surface area contributed by atoms with E-state index in [1.54, 1.807) is 0 Å². The number of thioether (sulfide) groups is 1. The Morgan fingerprint density at radius 3 is 3.06 bits per heavy atom. The summed E-state index contributed by atoms with van der Waals surface area (Å²) in [4.78, 5) is 11.1. The zero-order valence-corrected chi connectivity index (χ0v) is 11.7. The van der Waals surface area contributed by atoms with Crippen molar-refractivity contribution >= 4 is 23.4 Å². The number of hydrogen-bond acceptors (Lipinski definition) is 6. The summed E-state index contributed by atoms with van der Waals surface area (Å²) in [5, 5.41) is 13.4. The minimum atomic E-state index is 0.190. The summed E-state index contributed by atoms with van der Waals surface area (Å²) in [6.07, 6.45) is 4.12. The summed E-state index contributed by atoms with van der Waals surface area (Å²) >= 11 is 1.54. The molecule has 1 aromatic heterocycles. The Kier molecular flexibility index (Phi) is 4.66. The van der Waals surface area contributed by atoms with Gasteiger partial charge < -0.3 is 15.3 Å². The van der Waals surface area contributed by atoms with Crippen LogP contribution in [0.2, 0.25) is 0 Å². The molecular formula is C12H20N4OS. The van der Waals surface area contributed by atoms with Gasteiger partial charge in [0.15, 0.2) is 5.16 Å². The fourth-order valence-electron chi connectivity index (χ4n) is 2.25. The van der Waals surface area contributed by atoms with Gasteiger partial charge in [-0.2, -0.15) is 0 Å². The van der Waals surface area contributed by atoms with E-state index in [-0.39, 0.29) is 12.6 Å². The van der Waals surface area contributed by atoms with E-state index in [9.17, 15) is 5.11 Å². The van der Waals surface area contributed by atoms with Crippen molar-refractivity contribution in [3.05, 3.63) is 6.07 Å². The number of rotatable bonds is 5. The van der Waals surface area contributed by atoms with Crippen LogP contribution in [0, 0.1) is 0 Å². The smallest absolute Gasteiger partial charge is 0.191 e. The summed E-state index contributed by atoms with van der Waals surface area (Å²) in [5.74, 6) is 1.78. The van der Waals surface area contributed by atoms with Crippen molar-refractivity contribution in [2.45, 2.75) is 31.0 Å². The Bertz CT molecular complexity index is 402. The predicted molar refractivity (Wildman–Crippen MR) is 75.4 cm³/mol. The Labute approximate surface area is 112 Å². The molecule has 0 saturated carbocycles. The SMILES string of the molecule is CCNc1cc(N2CCCC2CO)nc(SC)n1. The molecule has 5 nitrogen and oxygen atoms in total. The largest absolute Gasteiger partial charge is 0.394 e. The first kappa shape index (κ1) is 13.4. The van der Waals surface area contributed by atoms with Gasteiger partial charge in [-0.1, -0.05) is 11.8 Å². The molecule has 1 aliphatic rings. The molecule has 2 heterocycles. The van der Waals surface area contributed by atoms with Gasteiger partial charge in [0.05, 0.1) is 12.6 Å². The van der Waals surface area contributed by atoms with Crippen molar-refractivity contribution < 1.29 is 5.11 Å². The molecular weight excluding hydrogens is 248 g/mol. The summed E-state index contributed by atoms with van der Waals surface area (Å²) in [7, 11) is 0. The molecule has 1 aromatic rings. The first-order chi connectivity index (χ1) is 8.78. The van der Waals surface area contributed by atoms with Crippen molar-refractivity contribution in [1.29, 1.82) is 0 Å². The van der Waals surface area contributed by atoms with Crippen molar-refractivity contribution in [3.63, 3.8) is 0 Å². The van der Waals surface area contributed by atoms with E-state index >= 15 is 0 Å². The van der Waals surface area contributed by atoms with E-state index in [4.69, 9.17) is 0 Å². The number of hydrogen-bond donors (Lipinski definition) is 2. The lowest BCUT2D eigenvalue weighted by atomic mass is 10.2. The molecule has 0 bridgehead atoms. The fraction of sp³-hybridized carbons (Fsp3) is 0.667. The Balaban J connectivity index is 2.27. The molecule has 6 heteroatoms. The van der Waals surface area contributed by atoms with Crippen molar-refractivity contribution in [3.8, 4) is 0 Å². The first-order valence-electron chi connectivity index (χ1n) is 6.33. The van der Waals surface area contributed by atoms with E-state index in [1.165, 1.54) is 11.8 Å². The minimum Gasteiger partial charge on any atom is -0.394 e. The highest BCUT2D eigenvalue weighted by atomic mass is 32.2. The Hall–Kier alpha value is -1.01. The van der Waals surface area contributed by atoms with Crippen molar-refractivity contribution in [2.24, 2.45) is 0 Å². The Morgan fingerprint density at radius 2 is 2.39 bits per heavy atom. The number of nitrogens with zero attached hydrogens (tertiary/aromatic N) is 3. The van der Waals surface area contributed by atoms with Gasteiger partial charge in [0.1, 0.15) is 11.6 Å². The maximum absolute atomic E-state index is 9.39. The highest BCUT2D eigenvalue weighted by molar-refractivity contribution is 7.98. The van der Waals surface area contributed by atoms with Crippen molar-refractivity contribution in [2.75, 3.05) is 36.2 Å². The van der Waals surface area contributed by atoms with Crippen LogP contribution in [0.1, 0.15) is 19.8 Å². The van der Waals surface area contributed by atoms with Crippen LogP contribution in [0.15, 0.2) is 11.2 Å². The number of aromatic nitrogens is 2. The highest BCUT2D eigenvalue weighted by Gasteiger charge is 2.25. The van der Waals surface area contributed by atoms with Gasteiger partial charge >= 0.3 is 0 Å².